The molecule has 0 saturated carbocycles. The number of rotatable bonds is 2. The lowest BCUT2D eigenvalue weighted by atomic mass is 10.1. The number of piperazine rings is 1. The second-order valence-electron chi connectivity index (χ2n) is 6.84. The second kappa shape index (κ2) is 6.80. The van der Waals surface area contributed by atoms with Crippen molar-refractivity contribution in [1.82, 2.24) is 24.7 Å². The van der Waals surface area contributed by atoms with Gasteiger partial charge in [-0.25, -0.2) is 4.98 Å². The standard InChI is InChI=1S/C20H23N5O/c1-15-11-23(9-8-21-15)19-7-6-17-4-3-5-18(10-20(26)25(17)13-19)24-12-16(2)22-14-24/h3-7,10,12-15,21H,8-9,11H2,1-2H3/b5-3?,17-4+,18-10?/t15-/m0/s1. The zero-order valence-corrected chi connectivity index (χ0v) is 15.1. The highest BCUT2D eigenvalue weighted by molar-refractivity contribution is 5.96. The summed E-state index contributed by atoms with van der Waals surface area (Å²) in [5.41, 5.74) is 3.66. The maximum Gasteiger partial charge on any atom is 0.257 e. The molecule has 1 atom stereocenters. The van der Waals surface area contributed by atoms with Crippen LogP contribution in [0.4, 0.5) is 0 Å². The number of nitrogens with zero attached hydrogens (tertiary/aromatic N) is 4. The zero-order chi connectivity index (χ0) is 18.1. The molecule has 6 nitrogen and oxygen atoms in total. The summed E-state index contributed by atoms with van der Waals surface area (Å²) in [5.74, 6) is -0.0630. The number of fused-ring (bicyclic) bond motifs is 1. The summed E-state index contributed by atoms with van der Waals surface area (Å²) in [5, 5.41) is 3.45. The van der Waals surface area contributed by atoms with E-state index in [9.17, 15) is 4.79 Å². The molecule has 3 aliphatic rings. The molecule has 1 aromatic heterocycles. The Labute approximate surface area is 153 Å². The van der Waals surface area contributed by atoms with Crippen molar-refractivity contribution < 1.29 is 4.79 Å². The van der Waals surface area contributed by atoms with Crippen molar-refractivity contribution in [2.75, 3.05) is 19.6 Å². The number of aryl methyl sites for hydroxylation is 1. The Morgan fingerprint density at radius 3 is 2.81 bits per heavy atom. The van der Waals surface area contributed by atoms with E-state index < -0.39 is 0 Å². The predicted molar refractivity (Wildman–Crippen MR) is 102 cm³/mol. The van der Waals surface area contributed by atoms with Crippen LogP contribution in [0, 0.1) is 6.92 Å². The smallest absolute Gasteiger partial charge is 0.257 e. The predicted octanol–water partition coefficient (Wildman–Crippen LogP) is 2.02. The molecule has 1 aromatic rings. The highest BCUT2D eigenvalue weighted by Crippen LogP contribution is 2.23. The number of aromatic nitrogens is 2. The lowest BCUT2D eigenvalue weighted by molar-refractivity contribution is -0.122. The second-order valence-corrected chi connectivity index (χ2v) is 6.84. The van der Waals surface area contributed by atoms with Crippen molar-refractivity contribution in [1.29, 1.82) is 0 Å². The number of carbonyl (C=O) groups excluding carboxylic acids is 1. The van der Waals surface area contributed by atoms with Gasteiger partial charge in [0.1, 0.15) is 0 Å². The fourth-order valence-corrected chi connectivity index (χ4v) is 3.39. The van der Waals surface area contributed by atoms with E-state index in [-0.39, 0.29) is 5.91 Å². The van der Waals surface area contributed by atoms with E-state index in [0.717, 1.165) is 42.4 Å². The van der Waals surface area contributed by atoms with E-state index in [1.165, 1.54) is 0 Å². The van der Waals surface area contributed by atoms with Crippen molar-refractivity contribution in [2.45, 2.75) is 19.9 Å². The van der Waals surface area contributed by atoms with Gasteiger partial charge in [-0.2, -0.15) is 0 Å². The van der Waals surface area contributed by atoms with Crippen LogP contribution in [0.5, 0.6) is 0 Å². The van der Waals surface area contributed by atoms with Crippen molar-refractivity contribution in [3.05, 3.63) is 72.3 Å². The Hall–Kier alpha value is -2.86. The number of amides is 1. The number of imidazole rings is 1. The highest BCUT2D eigenvalue weighted by atomic mass is 16.2. The zero-order valence-electron chi connectivity index (χ0n) is 15.1. The van der Waals surface area contributed by atoms with Crippen LogP contribution in [0.15, 0.2) is 66.6 Å². The summed E-state index contributed by atoms with van der Waals surface area (Å²) in [6.45, 7) is 6.94. The first kappa shape index (κ1) is 16.6. The normalized spacial score (nSPS) is 25.1. The van der Waals surface area contributed by atoms with Crippen molar-refractivity contribution in [2.24, 2.45) is 0 Å². The average Bonchev–Trinajstić information content (AvgIpc) is 3.05. The molecule has 0 radical (unpaired) electrons. The van der Waals surface area contributed by atoms with Gasteiger partial charge < -0.3 is 14.8 Å². The first-order valence-corrected chi connectivity index (χ1v) is 8.92. The maximum absolute atomic E-state index is 12.9. The highest BCUT2D eigenvalue weighted by Gasteiger charge is 2.23. The van der Waals surface area contributed by atoms with E-state index in [1.807, 2.05) is 48.2 Å². The van der Waals surface area contributed by atoms with Gasteiger partial charge in [0, 0.05) is 49.8 Å². The molecule has 0 aliphatic carbocycles. The van der Waals surface area contributed by atoms with Crippen molar-refractivity contribution in [3.63, 3.8) is 0 Å². The summed E-state index contributed by atoms with van der Waals surface area (Å²) in [6.07, 6.45) is 17.2. The minimum absolute atomic E-state index is 0.0630. The van der Waals surface area contributed by atoms with Crippen LogP contribution >= 0.6 is 0 Å². The molecule has 26 heavy (non-hydrogen) atoms. The van der Waals surface area contributed by atoms with Crippen LogP contribution in [0.1, 0.15) is 12.6 Å². The van der Waals surface area contributed by atoms with E-state index in [1.54, 1.807) is 17.3 Å². The Morgan fingerprint density at radius 1 is 1.19 bits per heavy atom. The molecule has 1 fully saturated rings. The third-order valence-corrected chi connectivity index (χ3v) is 4.75. The van der Waals surface area contributed by atoms with Crippen LogP contribution in [-0.4, -0.2) is 50.9 Å². The molecule has 134 valence electrons. The average molecular weight is 349 g/mol. The van der Waals surface area contributed by atoms with E-state index in [4.69, 9.17) is 0 Å². The van der Waals surface area contributed by atoms with Crippen LogP contribution in [0.3, 0.4) is 0 Å². The van der Waals surface area contributed by atoms with Gasteiger partial charge in [0.15, 0.2) is 0 Å². The van der Waals surface area contributed by atoms with Gasteiger partial charge in [0.25, 0.3) is 5.91 Å². The number of hydrogen-bond donors (Lipinski definition) is 1. The minimum atomic E-state index is -0.0630. The van der Waals surface area contributed by atoms with Gasteiger partial charge >= 0.3 is 0 Å². The van der Waals surface area contributed by atoms with Crippen LogP contribution in [0.25, 0.3) is 5.70 Å². The topological polar surface area (TPSA) is 53.4 Å². The van der Waals surface area contributed by atoms with E-state index in [2.05, 4.69) is 28.2 Å². The van der Waals surface area contributed by atoms with Crippen LogP contribution in [-0.2, 0) is 4.79 Å². The monoisotopic (exact) mass is 349 g/mol. The third kappa shape index (κ3) is 3.28. The SMILES string of the molecule is Cc1cn(C2=CC(=O)N3C=C(N4CCN[C@@H](C)C4)C=C/C3=C\C=C2)cn1. The van der Waals surface area contributed by atoms with Gasteiger partial charge in [-0.05, 0) is 38.2 Å². The molecular weight excluding hydrogens is 326 g/mol. The van der Waals surface area contributed by atoms with Gasteiger partial charge in [-0.3, -0.25) is 9.69 Å². The lowest BCUT2D eigenvalue weighted by Crippen LogP contribution is -2.48. The maximum atomic E-state index is 12.9. The van der Waals surface area contributed by atoms with Crippen molar-refractivity contribution in [3.8, 4) is 0 Å². The van der Waals surface area contributed by atoms with Gasteiger partial charge in [-0.15, -0.1) is 0 Å². The van der Waals surface area contributed by atoms with Gasteiger partial charge in [0.05, 0.1) is 23.4 Å². The molecule has 1 saturated heterocycles. The fraction of sp³-hybridized carbons (Fsp3) is 0.300. The summed E-state index contributed by atoms with van der Waals surface area (Å²) >= 11 is 0. The van der Waals surface area contributed by atoms with E-state index >= 15 is 0 Å². The minimum Gasteiger partial charge on any atom is -0.368 e. The molecule has 4 heterocycles. The lowest BCUT2D eigenvalue weighted by Gasteiger charge is -2.36. The molecule has 1 N–H and O–H groups in total. The number of hydrogen-bond acceptors (Lipinski definition) is 4. The molecular formula is C20H23N5O. The molecule has 3 aliphatic heterocycles. The Morgan fingerprint density at radius 2 is 2.04 bits per heavy atom. The number of allylic oxidation sites excluding steroid dienone is 6. The van der Waals surface area contributed by atoms with Crippen LogP contribution in [0.2, 0.25) is 0 Å². The Bertz CT molecular complexity index is 871. The summed E-state index contributed by atoms with van der Waals surface area (Å²) < 4.78 is 1.87. The quantitative estimate of drug-likeness (QED) is 0.888. The Balaban J connectivity index is 1.64. The molecule has 1 amide bonds. The molecule has 0 aromatic carbocycles. The molecule has 0 bridgehead atoms. The first-order valence-electron chi connectivity index (χ1n) is 8.92. The summed E-state index contributed by atoms with van der Waals surface area (Å²) in [6, 6.07) is 0.442. The van der Waals surface area contributed by atoms with Gasteiger partial charge in [-0.1, -0.05) is 6.08 Å². The van der Waals surface area contributed by atoms with Crippen molar-refractivity contribution >= 4 is 11.6 Å². The fourth-order valence-electron chi connectivity index (χ4n) is 3.39. The molecule has 4 rings (SSSR count). The molecule has 0 unspecified atom stereocenters. The Kier molecular flexibility index (Phi) is 4.34. The molecule has 6 heteroatoms. The largest absolute Gasteiger partial charge is 0.368 e. The first-order chi connectivity index (χ1) is 12.6. The number of carbonyl (C=O) groups is 1. The molecule has 0 spiro atoms. The summed E-state index contributed by atoms with van der Waals surface area (Å²) in [4.78, 5) is 21.2. The summed E-state index contributed by atoms with van der Waals surface area (Å²) in [7, 11) is 0. The third-order valence-electron chi connectivity index (χ3n) is 4.75. The van der Waals surface area contributed by atoms with Crippen LogP contribution < -0.4 is 5.32 Å². The van der Waals surface area contributed by atoms with E-state index in [0.29, 0.717) is 6.04 Å². The number of nitrogens with one attached hydrogen (secondary N) is 1. The van der Waals surface area contributed by atoms with Gasteiger partial charge in [0.2, 0.25) is 0 Å².